The van der Waals surface area contributed by atoms with E-state index in [4.69, 9.17) is 11.6 Å². The summed E-state index contributed by atoms with van der Waals surface area (Å²) in [7, 11) is 0. The van der Waals surface area contributed by atoms with Crippen LogP contribution in [0.5, 0.6) is 0 Å². The predicted molar refractivity (Wildman–Crippen MR) is 142 cm³/mol. The normalized spacial score (nSPS) is 30.8. The van der Waals surface area contributed by atoms with E-state index in [1.165, 1.54) is 12.1 Å². The van der Waals surface area contributed by atoms with Crippen molar-refractivity contribution in [3.8, 4) is 0 Å². The lowest BCUT2D eigenvalue weighted by Crippen LogP contribution is -2.50. The monoisotopic (exact) mass is 545 g/mol. The number of rotatable bonds is 4. The zero-order chi connectivity index (χ0) is 27.4. The van der Waals surface area contributed by atoms with Crippen molar-refractivity contribution in [2.75, 3.05) is 5.32 Å². The molecule has 38 heavy (non-hydrogen) atoms. The molecule has 2 fully saturated rings. The predicted octanol–water partition coefficient (Wildman–Crippen LogP) is 4.79. The fourth-order valence-corrected chi connectivity index (χ4v) is 6.84. The average molecular weight is 546 g/mol. The molecule has 2 heterocycles. The Labute approximate surface area is 226 Å². The van der Waals surface area contributed by atoms with Gasteiger partial charge in [-0.25, -0.2) is 8.78 Å². The zero-order valence-corrected chi connectivity index (χ0v) is 22.5. The quantitative estimate of drug-likeness (QED) is 0.445. The molecule has 6 nitrogen and oxygen atoms in total. The average Bonchev–Trinajstić information content (AvgIpc) is 3.31. The van der Waals surface area contributed by atoms with Crippen LogP contribution in [0.15, 0.2) is 36.4 Å². The van der Waals surface area contributed by atoms with Crippen LogP contribution < -0.4 is 16.0 Å². The molecule has 3 aliphatic rings. The van der Waals surface area contributed by atoms with E-state index in [0.717, 1.165) is 6.07 Å². The van der Waals surface area contributed by atoms with E-state index < -0.39 is 35.1 Å². The lowest BCUT2D eigenvalue weighted by molar-refractivity contribution is -0.124. The molecule has 204 valence electrons. The third-order valence-electron chi connectivity index (χ3n) is 8.26. The Kier molecular flexibility index (Phi) is 7.03. The minimum Gasteiger partial charge on any atom is -0.393 e. The topological polar surface area (TPSA) is 90.5 Å². The number of hydrogen-bond donors (Lipinski definition) is 4. The number of amides is 2. The van der Waals surface area contributed by atoms with Gasteiger partial charge in [0, 0.05) is 28.7 Å². The number of carbonyl (C=O) groups excluding carboxylic acids is 2. The van der Waals surface area contributed by atoms with Gasteiger partial charge in [0.15, 0.2) is 11.6 Å². The van der Waals surface area contributed by atoms with Crippen LogP contribution in [0.25, 0.3) is 0 Å². The molecule has 9 heteroatoms. The number of anilines is 1. The maximum absolute atomic E-state index is 15.5. The zero-order valence-electron chi connectivity index (χ0n) is 21.8. The standard InChI is InChI=1S/C29H34ClF2N3O3/c1-28(2,3)14-22-29(19-12-7-15(30)13-21(19)34-27(29)38)23(18-5-4-6-20(31)24(18)32)25(35-22)26(37)33-16-8-10-17(36)11-9-16/h4-7,12-13,16-17,22-23,25,35-36H,8-11,14H2,1-3H3,(H,33,37)(H,34,38)/t16-,17-,22-,23-,25+,29+/m0/s1. The Morgan fingerprint density at radius 3 is 2.55 bits per heavy atom. The van der Waals surface area contributed by atoms with Crippen molar-refractivity contribution in [1.82, 2.24) is 10.6 Å². The molecule has 5 rings (SSSR count). The minimum atomic E-state index is -1.38. The number of fused-ring (bicyclic) bond motifs is 2. The molecule has 1 saturated carbocycles. The van der Waals surface area contributed by atoms with Gasteiger partial charge < -0.3 is 21.1 Å². The van der Waals surface area contributed by atoms with E-state index in [0.29, 0.717) is 48.4 Å². The van der Waals surface area contributed by atoms with Crippen molar-refractivity contribution < 1.29 is 23.5 Å². The van der Waals surface area contributed by atoms with Crippen LogP contribution in [0.4, 0.5) is 14.5 Å². The number of hydrogen-bond acceptors (Lipinski definition) is 4. The highest BCUT2D eigenvalue weighted by atomic mass is 35.5. The number of aliphatic hydroxyl groups excluding tert-OH is 1. The van der Waals surface area contributed by atoms with Gasteiger partial charge in [-0.15, -0.1) is 0 Å². The van der Waals surface area contributed by atoms with Gasteiger partial charge in [0.05, 0.1) is 12.1 Å². The molecule has 0 bridgehead atoms. The minimum absolute atomic E-state index is 0.0222. The number of benzene rings is 2. The third-order valence-corrected chi connectivity index (χ3v) is 8.50. The van der Waals surface area contributed by atoms with Gasteiger partial charge in [0.25, 0.3) is 0 Å². The third kappa shape index (κ3) is 4.61. The van der Waals surface area contributed by atoms with Gasteiger partial charge in [0.2, 0.25) is 11.8 Å². The van der Waals surface area contributed by atoms with Gasteiger partial charge in [-0.1, -0.05) is 50.6 Å². The maximum atomic E-state index is 15.5. The van der Waals surface area contributed by atoms with Gasteiger partial charge in [-0.2, -0.15) is 0 Å². The van der Waals surface area contributed by atoms with Gasteiger partial charge in [0.1, 0.15) is 5.41 Å². The molecule has 1 saturated heterocycles. The van der Waals surface area contributed by atoms with Crippen LogP contribution in [0.1, 0.15) is 69.9 Å². The Morgan fingerprint density at radius 2 is 1.87 bits per heavy atom. The van der Waals surface area contributed by atoms with Crippen molar-refractivity contribution >= 4 is 29.1 Å². The summed E-state index contributed by atoms with van der Waals surface area (Å²) in [4.78, 5) is 28.0. The van der Waals surface area contributed by atoms with Gasteiger partial charge in [-0.3, -0.25) is 9.59 Å². The van der Waals surface area contributed by atoms with E-state index in [2.05, 4.69) is 16.0 Å². The fraction of sp³-hybridized carbons (Fsp3) is 0.517. The molecule has 2 amide bonds. The Balaban J connectivity index is 1.67. The molecule has 2 aliphatic heterocycles. The molecule has 1 spiro atoms. The first kappa shape index (κ1) is 27.0. The van der Waals surface area contributed by atoms with E-state index in [-0.39, 0.29) is 34.9 Å². The fourth-order valence-electron chi connectivity index (χ4n) is 6.66. The summed E-state index contributed by atoms with van der Waals surface area (Å²) in [5, 5.41) is 19.7. The molecule has 4 atom stereocenters. The Hall–Kier alpha value is -2.55. The number of halogens is 3. The van der Waals surface area contributed by atoms with Crippen molar-refractivity contribution in [3.63, 3.8) is 0 Å². The molecule has 2 aromatic carbocycles. The highest BCUT2D eigenvalue weighted by molar-refractivity contribution is 6.31. The molecular formula is C29H34ClF2N3O3. The molecule has 4 N–H and O–H groups in total. The van der Waals surface area contributed by atoms with E-state index in [1.807, 2.05) is 20.8 Å². The van der Waals surface area contributed by atoms with Crippen LogP contribution in [0.3, 0.4) is 0 Å². The van der Waals surface area contributed by atoms with Crippen LogP contribution in [0.2, 0.25) is 5.02 Å². The molecule has 1 aliphatic carbocycles. The van der Waals surface area contributed by atoms with Crippen molar-refractivity contribution in [2.24, 2.45) is 5.41 Å². The van der Waals surface area contributed by atoms with Crippen LogP contribution >= 0.6 is 11.6 Å². The second-order valence-corrected chi connectivity index (χ2v) is 12.5. The summed E-state index contributed by atoms with van der Waals surface area (Å²) in [6.45, 7) is 6.11. The molecule has 0 aromatic heterocycles. The van der Waals surface area contributed by atoms with Crippen LogP contribution in [-0.4, -0.2) is 41.2 Å². The smallest absolute Gasteiger partial charge is 0.238 e. The summed E-state index contributed by atoms with van der Waals surface area (Å²) in [6.07, 6.45) is 2.52. The van der Waals surface area contributed by atoms with Crippen LogP contribution in [-0.2, 0) is 15.0 Å². The van der Waals surface area contributed by atoms with E-state index in [1.54, 1.807) is 18.2 Å². The number of carbonyl (C=O) groups is 2. The van der Waals surface area contributed by atoms with E-state index in [9.17, 15) is 19.1 Å². The SMILES string of the molecule is CC(C)(C)C[C@@H]1N[C@@H](C(=O)N[C@H]2CC[C@H](O)CC2)[C@H](c2cccc(F)c2F)[C@]12C(=O)Nc1cc(Cl)ccc12. The largest absolute Gasteiger partial charge is 0.393 e. The number of nitrogens with one attached hydrogen (secondary N) is 3. The van der Waals surface area contributed by atoms with E-state index >= 15 is 4.39 Å². The first-order valence-corrected chi connectivity index (χ1v) is 13.6. The summed E-state index contributed by atoms with van der Waals surface area (Å²) in [5.74, 6) is -3.87. The molecule has 2 aromatic rings. The Morgan fingerprint density at radius 1 is 1.16 bits per heavy atom. The summed E-state index contributed by atoms with van der Waals surface area (Å²) in [6, 6.07) is 7.28. The summed E-state index contributed by atoms with van der Waals surface area (Å²) >= 11 is 6.25. The second kappa shape index (κ2) is 9.88. The van der Waals surface area contributed by atoms with Gasteiger partial charge in [-0.05, 0) is 66.8 Å². The molecule has 0 radical (unpaired) electrons. The summed E-state index contributed by atoms with van der Waals surface area (Å²) in [5.41, 5.74) is -0.542. The number of aliphatic hydroxyl groups is 1. The lowest BCUT2D eigenvalue weighted by atomic mass is 9.62. The van der Waals surface area contributed by atoms with Crippen molar-refractivity contribution in [1.29, 1.82) is 0 Å². The van der Waals surface area contributed by atoms with Crippen molar-refractivity contribution in [3.05, 3.63) is 64.2 Å². The van der Waals surface area contributed by atoms with Crippen LogP contribution in [0, 0.1) is 17.0 Å². The summed E-state index contributed by atoms with van der Waals surface area (Å²) < 4.78 is 30.2. The molecular weight excluding hydrogens is 512 g/mol. The highest BCUT2D eigenvalue weighted by Gasteiger charge is 2.66. The molecule has 0 unspecified atom stereocenters. The second-order valence-electron chi connectivity index (χ2n) is 12.1. The van der Waals surface area contributed by atoms with Gasteiger partial charge >= 0.3 is 0 Å². The Bertz CT molecular complexity index is 1260. The first-order chi connectivity index (χ1) is 17.9. The van der Waals surface area contributed by atoms with Crippen molar-refractivity contribution in [2.45, 2.75) is 88.4 Å². The first-order valence-electron chi connectivity index (χ1n) is 13.2. The lowest BCUT2D eigenvalue weighted by Gasteiger charge is -2.37. The maximum Gasteiger partial charge on any atom is 0.238 e. The highest BCUT2D eigenvalue weighted by Crippen LogP contribution is 2.57.